The van der Waals surface area contributed by atoms with E-state index in [0.717, 1.165) is 11.1 Å². The molecule has 2 N–H and O–H groups in total. The van der Waals surface area contributed by atoms with E-state index in [9.17, 15) is 14.7 Å². The number of methoxy groups -OCH3 is 1. The summed E-state index contributed by atoms with van der Waals surface area (Å²) in [5.41, 5.74) is 2.07. The van der Waals surface area contributed by atoms with Gasteiger partial charge in [0.05, 0.1) is 28.2 Å². The zero-order chi connectivity index (χ0) is 23.1. The van der Waals surface area contributed by atoms with E-state index in [-0.39, 0.29) is 36.2 Å². The molecule has 0 saturated heterocycles. The highest BCUT2D eigenvalue weighted by Crippen LogP contribution is 2.39. The van der Waals surface area contributed by atoms with Gasteiger partial charge in [-0.3, -0.25) is 9.59 Å². The number of phenolic OH excluding ortho intramolecular Hbond substituents is 1. The first-order chi connectivity index (χ1) is 15.4. The van der Waals surface area contributed by atoms with Crippen LogP contribution in [0.2, 0.25) is 0 Å². The van der Waals surface area contributed by atoms with Crippen LogP contribution in [0.4, 0.5) is 5.69 Å². The van der Waals surface area contributed by atoms with Crippen LogP contribution in [-0.2, 0) is 27.2 Å². The third-order valence-electron chi connectivity index (χ3n) is 4.58. The lowest BCUT2D eigenvalue weighted by molar-refractivity contribution is -0.139. The molecule has 0 atom stereocenters. The molecular weight excluding hydrogens is 542 g/mol. The van der Waals surface area contributed by atoms with Gasteiger partial charge in [-0.15, -0.1) is 0 Å². The lowest BCUT2D eigenvalue weighted by atomic mass is 10.1. The Hall–Kier alpha value is -2.84. The van der Waals surface area contributed by atoms with E-state index in [1.807, 2.05) is 30.3 Å². The number of hydrogen-bond acceptors (Lipinski definition) is 5. The molecule has 0 bridgehead atoms. The number of ether oxygens (including phenoxy) is 2. The molecule has 0 aliphatic carbocycles. The van der Waals surface area contributed by atoms with Crippen LogP contribution >= 0.6 is 31.9 Å². The van der Waals surface area contributed by atoms with E-state index < -0.39 is 0 Å². The Morgan fingerprint density at radius 3 is 2.31 bits per heavy atom. The smallest absolute Gasteiger partial charge is 0.309 e. The van der Waals surface area contributed by atoms with Crippen molar-refractivity contribution in [1.29, 1.82) is 0 Å². The zero-order valence-corrected chi connectivity index (χ0v) is 20.4. The van der Waals surface area contributed by atoms with E-state index in [2.05, 4.69) is 37.2 Å². The Kier molecular flexibility index (Phi) is 8.30. The molecular formula is C24H21Br2NO5. The summed E-state index contributed by atoms with van der Waals surface area (Å²) in [6.45, 7) is 0. The normalized spacial score (nSPS) is 10.5. The molecule has 0 radical (unpaired) electrons. The van der Waals surface area contributed by atoms with Crippen molar-refractivity contribution in [1.82, 2.24) is 0 Å². The van der Waals surface area contributed by atoms with E-state index in [1.54, 1.807) is 24.3 Å². The van der Waals surface area contributed by atoms with Crippen molar-refractivity contribution in [2.45, 2.75) is 19.3 Å². The highest BCUT2D eigenvalue weighted by molar-refractivity contribution is 9.11. The molecule has 0 aliphatic heterocycles. The number of nitrogens with one attached hydrogen (secondary N) is 1. The van der Waals surface area contributed by atoms with Gasteiger partial charge in [-0.25, -0.2) is 0 Å². The number of anilines is 1. The minimum atomic E-state index is -0.344. The zero-order valence-electron chi connectivity index (χ0n) is 17.2. The van der Waals surface area contributed by atoms with Crippen molar-refractivity contribution in [3.63, 3.8) is 0 Å². The number of aryl methyl sites for hydroxylation is 1. The maximum Gasteiger partial charge on any atom is 0.309 e. The molecule has 0 spiro atoms. The third kappa shape index (κ3) is 6.58. The van der Waals surface area contributed by atoms with Gasteiger partial charge in [0, 0.05) is 12.5 Å². The fourth-order valence-electron chi connectivity index (χ4n) is 2.96. The number of benzene rings is 3. The average molecular weight is 563 g/mol. The van der Waals surface area contributed by atoms with Crippen LogP contribution in [0.1, 0.15) is 17.5 Å². The Bertz CT molecular complexity index is 1100. The number of carbonyl (C=O) groups excluding carboxylic acids is 2. The van der Waals surface area contributed by atoms with Crippen molar-refractivity contribution in [3.8, 4) is 17.2 Å². The highest BCUT2D eigenvalue weighted by atomic mass is 79.9. The molecule has 32 heavy (non-hydrogen) atoms. The monoisotopic (exact) mass is 561 g/mol. The summed E-state index contributed by atoms with van der Waals surface area (Å²) < 4.78 is 11.9. The first kappa shape index (κ1) is 23.8. The van der Waals surface area contributed by atoms with Crippen LogP contribution in [0.25, 0.3) is 0 Å². The highest BCUT2D eigenvalue weighted by Gasteiger charge is 2.14. The maximum absolute atomic E-state index is 12.4. The summed E-state index contributed by atoms with van der Waals surface area (Å²) in [5.74, 6) is 0.297. The summed E-state index contributed by atoms with van der Waals surface area (Å²) >= 11 is 6.91. The summed E-state index contributed by atoms with van der Waals surface area (Å²) in [6, 6.07) is 17.8. The predicted molar refractivity (Wildman–Crippen MR) is 129 cm³/mol. The predicted octanol–water partition coefficient (Wildman–Crippen LogP) is 6.00. The summed E-state index contributed by atoms with van der Waals surface area (Å²) in [5, 5.41) is 12.9. The second kappa shape index (κ2) is 11.2. The molecule has 0 aliphatic rings. The maximum atomic E-state index is 12.4. The minimum absolute atomic E-state index is 0.0584. The molecule has 3 aromatic carbocycles. The molecule has 3 aromatic rings. The topological polar surface area (TPSA) is 84.9 Å². The Balaban J connectivity index is 1.70. The van der Waals surface area contributed by atoms with E-state index in [4.69, 9.17) is 9.47 Å². The van der Waals surface area contributed by atoms with Crippen LogP contribution in [0, 0.1) is 0 Å². The van der Waals surface area contributed by atoms with Crippen molar-refractivity contribution >= 4 is 49.4 Å². The summed E-state index contributed by atoms with van der Waals surface area (Å²) in [7, 11) is 1.34. The lowest BCUT2D eigenvalue weighted by Crippen LogP contribution is -2.12. The van der Waals surface area contributed by atoms with Crippen molar-refractivity contribution in [2.75, 3.05) is 12.4 Å². The molecule has 6 nitrogen and oxygen atoms in total. The van der Waals surface area contributed by atoms with Crippen molar-refractivity contribution in [3.05, 3.63) is 80.7 Å². The second-order valence-electron chi connectivity index (χ2n) is 6.96. The van der Waals surface area contributed by atoms with Gasteiger partial charge in [-0.05, 0) is 73.7 Å². The van der Waals surface area contributed by atoms with Crippen LogP contribution in [0.5, 0.6) is 17.2 Å². The van der Waals surface area contributed by atoms with Gasteiger partial charge in [0.2, 0.25) is 5.91 Å². The largest absolute Gasteiger partial charge is 0.506 e. The number of halogens is 2. The van der Waals surface area contributed by atoms with Gasteiger partial charge in [0.1, 0.15) is 11.5 Å². The summed E-state index contributed by atoms with van der Waals surface area (Å²) in [6.07, 6.45) is 1.01. The van der Waals surface area contributed by atoms with Gasteiger partial charge in [-0.2, -0.15) is 0 Å². The Morgan fingerprint density at radius 1 is 0.969 bits per heavy atom. The quantitative estimate of drug-likeness (QED) is 0.260. The molecule has 1 amide bonds. The van der Waals surface area contributed by atoms with Gasteiger partial charge < -0.3 is 19.9 Å². The first-order valence-corrected chi connectivity index (χ1v) is 11.3. The molecule has 0 heterocycles. The SMILES string of the molecule is COC(=O)Cc1cc(Br)c(Oc2ccc(O)c(NC(=O)CCc3ccccc3)c2)c(Br)c1. The fraction of sp³-hybridized carbons (Fsp3) is 0.167. The first-order valence-electron chi connectivity index (χ1n) is 9.75. The van der Waals surface area contributed by atoms with Crippen LogP contribution in [0.3, 0.4) is 0 Å². The number of esters is 1. The minimum Gasteiger partial charge on any atom is -0.506 e. The number of hydrogen-bond donors (Lipinski definition) is 2. The fourth-order valence-corrected chi connectivity index (χ4v) is 4.41. The third-order valence-corrected chi connectivity index (χ3v) is 5.76. The van der Waals surface area contributed by atoms with Crippen molar-refractivity contribution < 1.29 is 24.2 Å². The van der Waals surface area contributed by atoms with E-state index >= 15 is 0 Å². The molecule has 0 aromatic heterocycles. The standard InChI is InChI=1S/C24H21Br2NO5/c1-31-23(30)13-16-11-18(25)24(19(26)12-16)32-17-8-9-21(28)20(14-17)27-22(29)10-7-15-5-3-2-4-6-15/h2-6,8-9,11-12,14,28H,7,10,13H2,1H3,(H,27,29). The average Bonchev–Trinajstić information content (AvgIpc) is 2.77. The Morgan fingerprint density at radius 2 is 1.66 bits per heavy atom. The lowest BCUT2D eigenvalue weighted by Gasteiger charge is -2.14. The number of aromatic hydroxyl groups is 1. The number of rotatable bonds is 8. The van der Waals surface area contributed by atoms with Gasteiger partial charge >= 0.3 is 5.97 Å². The van der Waals surface area contributed by atoms with Crippen LogP contribution in [0.15, 0.2) is 69.6 Å². The van der Waals surface area contributed by atoms with Crippen LogP contribution < -0.4 is 10.1 Å². The van der Waals surface area contributed by atoms with E-state index in [1.165, 1.54) is 13.2 Å². The second-order valence-corrected chi connectivity index (χ2v) is 8.66. The molecule has 166 valence electrons. The molecule has 0 unspecified atom stereocenters. The number of amides is 1. The summed E-state index contributed by atoms with van der Waals surface area (Å²) in [4.78, 5) is 23.9. The molecule has 0 saturated carbocycles. The van der Waals surface area contributed by atoms with Gasteiger partial charge in [0.25, 0.3) is 0 Å². The number of phenols is 1. The Labute approximate surface area is 202 Å². The van der Waals surface area contributed by atoms with Crippen LogP contribution in [-0.4, -0.2) is 24.1 Å². The van der Waals surface area contributed by atoms with Gasteiger partial charge in [0.15, 0.2) is 5.75 Å². The van der Waals surface area contributed by atoms with Gasteiger partial charge in [-0.1, -0.05) is 30.3 Å². The van der Waals surface area contributed by atoms with E-state index in [0.29, 0.717) is 26.9 Å². The van der Waals surface area contributed by atoms with Crippen molar-refractivity contribution in [2.24, 2.45) is 0 Å². The molecule has 3 rings (SSSR count). The molecule has 0 fully saturated rings. The molecule has 8 heteroatoms. The number of carbonyl (C=O) groups is 2.